The van der Waals surface area contributed by atoms with E-state index in [2.05, 4.69) is 0 Å². The standard InChI is InChI=1S/C30H31ClN2O6/c1-20(2)39-25-14-7-6-12-23(25)17-32(18-27(35)36)30(37)29-28(22-10-4-3-5-11-22)33(26(34)19-38-29)16-21-9-8-13-24(31)15-21/h3-15,20,28-29H,16-19H2,1-2H3,(H,35,36)/t28-,29+/m1/s1. The molecule has 0 radical (unpaired) electrons. The van der Waals surface area contributed by atoms with E-state index < -0.39 is 30.6 Å². The fourth-order valence-electron chi connectivity index (χ4n) is 4.65. The van der Waals surface area contributed by atoms with E-state index in [0.29, 0.717) is 21.9 Å². The Labute approximate surface area is 232 Å². The van der Waals surface area contributed by atoms with Crippen LogP contribution in [-0.2, 0) is 32.2 Å². The van der Waals surface area contributed by atoms with Crippen molar-refractivity contribution >= 4 is 29.4 Å². The zero-order valence-corrected chi connectivity index (χ0v) is 22.6. The smallest absolute Gasteiger partial charge is 0.323 e. The minimum atomic E-state index is -1.16. The monoisotopic (exact) mass is 550 g/mol. The number of nitrogens with zero attached hydrogens (tertiary/aromatic N) is 2. The van der Waals surface area contributed by atoms with Crippen molar-refractivity contribution in [3.8, 4) is 5.75 Å². The maximum absolute atomic E-state index is 14.1. The number of amides is 2. The number of carbonyl (C=O) groups is 3. The van der Waals surface area contributed by atoms with Crippen molar-refractivity contribution in [1.82, 2.24) is 9.80 Å². The molecule has 2 atom stereocenters. The fourth-order valence-corrected chi connectivity index (χ4v) is 4.86. The maximum Gasteiger partial charge on any atom is 0.323 e. The third-order valence-corrected chi connectivity index (χ3v) is 6.53. The number of rotatable bonds is 10. The first kappa shape index (κ1) is 28.1. The van der Waals surface area contributed by atoms with Gasteiger partial charge in [0.15, 0.2) is 6.10 Å². The average molecular weight is 551 g/mol. The number of carboxylic acid groups (broad SMARTS) is 1. The molecule has 1 heterocycles. The summed E-state index contributed by atoms with van der Waals surface area (Å²) in [5.74, 6) is -1.41. The summed E-state index contributed by atoms with van der Waals surface area (Å²) >= 11 is 6.19. The van der Waals surface area contributed by atoms with E-state index in [9.17, 15) is 19.5 Å². The number of hydrogen-bond donors (Lipinski definition) is 1. The first-order valence-corrected chi connectivity index (χ1v) is 13.1. The van der Waals surface area contributed by atoms with Crippen LogP contribution in [0, 0.1) is 0 Å². The number of hydrogen-bond acceptors (Lipinski definition) is 5. The largest absolute Gasteiger partial charge is 0.491 e. The quantitative estimate of drug-likeness (QED) is 0.393. The van der Waals surface area contributed by atoms with Gasteiger partial charge in [-0.25, -0.2) is 0 Å². The molecule has 0 saturated carbocycles. The van der Waals surface area contributed by atoms with Crippen LogP contribution in [0.3, 0.4) is 0 Å². The molecule has 1 saturated heterocycles. The second-order valence-corrected chi connectivity index (χ2v) is 10.0. The van der Waals surface area contributed by atoms with Crippen molar-refractivity contribution in [2.24, 2.45) is 0 Å². The fraction of sp³-hybridized carbons (Fsp3) is 0.300. The number of para-hydroxylation sites is 1. The van der Waals surface area contributed by atoms with Crippen molar-refractivity contribution in [3.63, 3.8) is 0 Å². The molecule has 9 heteroatoms. The first-order valence-electron chi connectivity index (χ1n) is 12.7. The lowest BCUT2D eigenvalue weighted by atomic mass is 9.95. The van der Waals surface area contributed by atoms with Gasteiger partial charge in [0, 0.05) is 17.1 Å². The van der Waals surface area contributed by atoms with Crippen LogP contribution in [-0.4, -0.2) is 58.0 Å². The van der Waals surface area contributed by atoms with E-state index in [1.807, 2.05) is 56.3 Å². The topological polar surface area (TPSA) is 96.4 Å². The van der Waals surface area contributed by atoms with Crippen LogP contribution in [0.2, 0.25) is 5.02 Å². The van der Waals surface area contributed by atoms with Gasteiger partial charge >= 0.3 is 5.97 Å². The van der Waals surface area contributed by atoms with Crippen molar-refractivity contribution in [2.75, 3.05) is 13.2 Å². The van der Waals surface area contributed by atoms with Gasteiger partial charge in [-0.15, -0.1) is 0 Å². The highest BCUT2D eigenvalue weighted by molar-refractivity contribution is 6.30. The third kappa shape index (κ3) is 7.16. The van der Waals surface area contributed by atoms with Crippen LogP contribution >= 0.6 is 11.6 Å². The summed E-state index contributed by atoms with van der Waals surface area (Å²) in [6, 6.07) is 22.7. The zero-order chi connectivity index (χ0) is 27.9. The zero-order valence-electron chi connectivity index (χ0n) is 21.8. The van der Waals surface area contributed by atoms with Gasteiger partial charge in [-0.3, -0.25) is 14.4 Å². The Bertz CT molecular complexity index is 1320. The molecule has 2 amide bonds. The third-order valence-electron chi connectivity index (χ3n) is 6.29. The number of ether oxygens (including phenoxy) is 2. The number of carboxylic acids is 1. The van der Waals surface area contributed by atoms with E-state index in [4.69, 9.17) is 21.1 Å². The van der Waals surface area contributed by atoms with Crippen LogP contribution in [0.1, 0.15) is 36.6 Å². The van der Waals surface area contributed by atoms with Gasteiger partial charge in [0.2, 0.25) is 5.91 Å². The molecular weight excluding hydrogens is 520 g/mol. The second-order valence-electron chi connectivity index (χ2n) is 9.60. The summed E-state index contributed by atoms with van der Waals surface area (Å²) in [6.07, 6.45) is -1.23. The molecule has 204 valence electrons. The van der Waals surface area contributed by atoms with Crippen molar-refractivity contribution < 1.29 is 29.0 Å². The lowest BCUT2D eigenvalue weighted by molar-refractivity contribution is -0.172. The molecule has 1 N–H and O–H groups in total. The van der Waals surface area contributed by atoms with Crippen molar-refractivity contribution in [2.45, 2.75) is 45.2 Å². The first-order chi connectivity index (χ1) is 18.7. The molecule has 8 nitrogen and oxygen atoms in total. The van der Waals surface area contributed by atoms with Crippen LogP contribution < -0.4 is 4.74 Å². The van der Waals surface area contributed by atoms with Crippen LogP contribution in [0.4, 0.5) is 0 Å². The van der Waals surface area contributed by atoms with Gasteiger partial charge in [0.1, 0.15) is 18.9 Å². The van der Waals surface area contributed by atoms with Crippen molar-refractivity contribution in [3.05, 3.63) is 101 Å². The minimum absolute atomic E-state index is 0.00235. The van der Waals surface area contributed by atoms with Crippen LogP contribution in [0.15, 0.2) is 78.9 Å². The Morgan fingerprint density at radius 3 is 2.49 bits per heavy atom. The Balaban J connectivity index is 1.70. The number of aliphatic carboxylic acids is 1. The average Bonchev–Trinajstić information content (AvgIpc) is 2.90. The molecule has 0 aliphatic carbocycles. The van der Waals surface area contributed by atoms with E-state index in [1.165, 1.54) is 4.90 Å². The molecule has 0 aromatic heterocycles. The molecular formula is C30H31ClN2O6. The predicted octanol–water partition coefficient (Wildman–Crippen LogP) is 4.71. The Morgan fingerprint density at radius 1 is 1.08 bits per heavy atom. The molecule has 1 fully saturated rings. The molecule has 4 rings (SSSR count). The SMILES string of the molecule is CC(C)Oc1ccccc1CN(CC(=O)O)C(=O)[C@H]1OCC(=O)N(Cc2cccc(Cl)c2)[C@@H]1c1ccccc1. The molecule has 0 unspecified atom stereocenters. The number of morpholine rings is 1. The molecule has 3 aromatic carbocycles. The lowest BCUT2D eigenvalue weighted by Crippen LogP contribution is -2.55. The van der Waals surface area contributed by atoms with E-state index in [-0.39, 0.29) is 31.7 Å². The van der Waals surface area contributed by atoms with E-state index >= 15 is 0 Å². The highest BCUT2D eigenvalue weighted by atomic mass is 35.5. The van der Waals surface area contributed by atoms with Gasteiger partial charge in [-0.2, -0.15) is 0 Å². The molecule has 0 spiro atoms. The molecule has 1 aliphatic heterocycles. The summed E-state index contributed by atoms with van der Waals surface area (Å²) in [5, 5.41) is 10.2. The second kappa shape index (κ2) is 12.8. The Kier molecular flexibility index (Phi) is 9.22. The summed E-state index contributed by atoms with van der Waals surface area (Å²) in [7, 11) is 0. The predicted molar refractivity (Wildman–Crippen MR) is 146 cm³/mol. The van der Waals surface area contributed by atoms with Gasteiger partial charge in [0.25, 0.3) is 5.91 Å². The van der Waals surface area contributed by atoms with Gasteiger partial charge in [-0.05, 0) is 43.2 Å². The van der Waals surface area contributed by atoms with Gasteiger partial charge < -0.3 is 24.4 Å². The molecule has 1 aliphatic rings. The molecule has 3 aromatic rings. The molecule has 0 bridgehead atoms. The Morgan fingerprint density at radius 2 is 1.79 bits per heavy atom. The number of carbonyl (C=O) groups excluding carboxylic acids is 2. The normalized spacial score (nSPS) is 17.2. The summed E-state index contributed by atoms with van der Waals surface area (Å²) in [5.41, 5.74) is 2.16. The van der Waals surface area contributed by atoms with Gasteiger partial charge in [-0.1, -0.05) is 72.3 Å². The van der Waals surface area contributed by atoms with Crippen LogP contribution in [0.25, 0.3) is 0 Å². The van der Waals surface area contributed by atoms with Crippen molar-refractivity contribution in [1.29, 1.82) is 0 Å². The highest BCUT2D eigenvalue weighted by Gasteiger charge is 2.43. The van der Waals surface area contributed by atoms with Gasteiger partial charge in [0.05, 0.1) is 18.7 Å². The highest BCUT2D eigenvalue weighted by Crippen LogP contribution is 2.34. The summed E-state index contributed by atoms with van der Waals surface area (Å²) in [6.45, 7) is 3.13. The summed E-state index contributed by atoms with van der Waals surface area (Å²) < 4.78 is 11.8. The number of benzene rings is 3. The Hall–Kier alpha value is -3.88. The minimum Gasteiger partial charge on any atom is -0.491 e. The lowest BCUT2D eigenvalue weighted by Gasteiger charge is -2.42. The van der Waals surface area contributed by atoms with Crippen LogP contribution in [0.5, 0.6) is 5.75 Å². The number of halogens is 1. The molecule has 39 heavy (non-hydrogen) atoms. The van der Waals surface area contributed by atoms with E-state index in [0.717, 1.165) is 5.56 Å². The van der Waals surface area contributed by atoms with E-state index in [1.54, 1.807) is 41.3 Å². The summed E-state index contributed by atoms with van der Waals surface area (Å²) in [4.78, 5) is 41.9. The maximum atomic E-state index is 14.1.